The normalized spacial score (nSPS) is 9.71. The van der Waals surface area contributed by atoms with Crippen molar-refractivity contribution >= 4 is 15.9 Å². The minimum Gasteiger partial charge on any atom is -0.436 e. The van der Waals surface area contributed by atoms with Gasteiger partial charge in [-0.15, -0.1) is 0 Å². The minimum atomic E-state index is 0.299. The first kappa shape index (κ1) is 11.6. The van der Waals surface area contributed by atoms with Crippen molar-refractivity contribution in [3.05, 3.63) is 46.3 Å². The van der Waals surface area contributed by atoms with Crippen LogP contribution < -0.4 is 4.74 Å². The van der Waals surface area contributed by atoms with E-state index in [0.29, 0.717) is 17.2 Å². The van der Waals surface area contributed by atoms with Crippen LogP contribution in [0.5, 0.6) is 11.6 Å². The first-order valence-electron chi connectivity index (χ1n) is 4.85. The highest BCUT2D eigenvalue weighted by Gasteiger charge is 2.07. The van der Waals surface area contributed by atoms with Crippen molar-refractivity contribution in [2.75, 3.05) is 0 Å². The standard InChI is InChI=1S/C12H8BrN3O/c1-8-2-3-9(5-14)12(16-8)17-11-4-10(13)6-15-7-11/h2-4,6-7H,1H3. The molecule has 4 nitrogen and oxygen atoms in total. The monoisotopic (exact) mass is 289 g/mol. The molecule has 2 aromatic heterocycles. The molecule has 0 spiro atoms. The Bertz CT molecular complexity index is 593. The number of hydrogen-bond acceptors (Lipinski definition) is 4. The van der Waals surface area contributed by atoms with E-state index in [9.17, 15) is 0 Å². The summed E-state index contributed by atoms with van der Waals surface area (Å²) in [4.78, 5) is 8.16. The van der Waals surface area contributed by atoms with E-state index >= 15 is 0 Å². The number of rotatable bonds is 2. The summed E-state index contributed by atoms with van der Waals surface area (Å²) in [6, 6.07) is 7.25. The molecule has 0 radical (unpaired) electrons. The van der Waals surface area contributed by atoms with E-state index in [2.05, 4.69) is 25.9 Å². The SMILES string of the molecule is Cc1ccc(C#N)c(Oc2cncc(Br)c2)n1. The fourth-order valence-corrected chi connectivity index (χ4v) is 1.60. The quantitative estimate of drug-likeness (QED) is 0.852. The molecular formula is C12H8BrN3O. The number of nitriles is 1. The summed E-state index contributed by atoms with van der Waals surface area (Å²) in [5, 5.41) is 8.95. The maximum absolute atomic E-state index is 8.95. The van der Waals surface area contributed by atoms with Crippen LogP contribution in [-0.2, 0) is 0 Å². The smallest absolute Gasteiger partial charge is 0.237 e. The van der Waals surface area contributed by atoms with E-state index in [0.717, 1.165) is 10.2 Å². The highest BCUT2D eigenvalue weighted by molar-refractivity contribution is 9.10. The van der Waals surface area contributed by atoms with Gasteiger partial charge in [0, 0.05) is 16.4 Å². The maximum Gasteiger partial charge on any atom is 0.237 e. The van der Waals surface area contributed by atoms with Crippen LogP contribution in [0.2, 0.25) is 0 Å². The molecule has 0 saturated carbocycles. The van der Waals surface area contributed by atoms with Crippen LogP contribution in [0.15, 0.2) is 35.1 Å². The van der Waals surface area contributed by atoms with Crippen molar-refractivity contribution in [2.45, 2.75) is 6.92 Å². The van der Waals surface area contributed by atoms with Crippen LogP contribution in [0.3, 0.4) is 0 Å². The van der Waals surface area contributed by atoms with Crippen LogP contribution in [0, 0.1) is 18.3 Å². The van der Waals surface area contributed by atoms with Gasteiger partial charge in [0.2, 0.25) is 5.88 Å². The van der Waals surface area contributed by atoms with Gasteiger partial charge >= 0.3 is 0 Å². The number of pyridine rings is 2. The zero-order valence-electron chi connectivity index (χ0n) is 9.01. The Balaban J connectivity index is 2.36. The van der Waals surface area contributed by atoms with Gasteiger partial charge in [0.1, 0.15) is 17.4 Å². The summed E-state index contributed by atoms with van der Waals surface area (Å²) in [5.41, 5.74) is 1.19. The minimum absolute atomic E-state index is 0.299. The molecule has 2 aromatic rings. The van der Waals surface area contributed by atoms with E-state index < -0.39 is 0 Å². The van der Waals surface area contributed by atoms with E-state index in [1.165, 1.54) is 0 Å². The number of aromatic nitrogens is 2. The molecule has 0 unspecified atom stereocenters. The molecule has 17 heavy (non-hydrogen) atoms. The second kappa shape index (κ2) is 4.93. The second-order valence-electron chi connectivity index (χ2n) is 3.36. The molecule has 0 aromatic carbocycles. The Morgan fingerprint density at radius 3 is 2.88 bits per heavy atom. The second-order valence-corrected chi connectivity index (χ2v) is 4.27. The Morgan fingerprint density at radius 1 is 1.35 bits per heavy atom. The van der Waals surface area contributed by atoms with Crippen molar-refractivity contribution in [2.24, 2.45) is 0 Å². The fourth-order valence-electron chi connectivity index (χ4n) is 1.26. The number of hydrogen-bond donors (Lipinski definition) is 0. The molecule has 0 aliphatic heterocycles. The first-order chi connectivity index (χ1) is 8.19. The van der Waals surface area contributed by atoms with Gasteiger partial charge in [-0.25, -0.2) is 4.98 Å². The Morgan fingerprint density at radius 2 is 2.18 bits per heavy atom. The lowest BCUT2D eigenvalue weighted by Gasteiger charge is -2.06. The highest BCUT2D eigenvalue weighted by atomic mass is 79.9. The van der Waals surface area contributed by atoms with Gasteiger partial charge in [-0.3, -0.25) is 4.98 Å². The van der Waals surface area contributed by atoms with E-state index in [4.69, 9.17) is 10.00 Å². The molecule has 0 amide bonds. The summed E-state index contributed by atoms with van der Waals surface area (Å²) in [6.07, 6.45) is 3.22. The predicted molar refractivity (Wildman–Crippen MR) is 65.7 cm³/mol. The van der Waals surface area contributed by atoms with Crippen molar-refractivity contribution < 1.29 is 4.74 Å². The molecular weight excluding hydrogens is 282 g/mol. The molecule has 0 N–H and O–H groups in total. The van der Waals surface area contributed by atoms with Crippen molar-refractivity contribution in [3.63, 3.8) is 0 Å². The average molecular weight is 290 g/mol. The molecule has 0 aliphatic rings. The number of halogens is 1. The summed E-state index contributed by atoms with van der Waals surface area (Å²) >= 11 is 3.30. The average Bonchev–Trinajstić information content (AvgIpc) is 2.29. The fraction of sp³-hybridized carbons (Fsp3) is 0.0833. The maximum atomic E-state index is 8.95. The van der Waals surface area contributed by atoms with Gasteiger partial charge in [-0.2, -0.15) is 5.26 Å². The summed E-state index contributed by atoms with van der Waals surface area (Å²) in [6.45, 7) is 1.84. The summed E-state index contributed by atoms with van der Waals surface area (Å²) < 4.78 is 6.34. The lowest BCUT2D eigenvalue weighted by molar-refractivity contribution is 0.457. The summed E-state index contributed by atoms with van der Waals surface area (Å²) in [7, 11) is 0. The number of nitrogens with zero attached hydrogens (tertiary/aromatic N) is 3. The molecule has 2 heterocycles. The summed E-state index contributed by atoms with van der Waals surface area (Å²) in [5.74, 6) is 0.835. The van der Waals surface area contributed by atoms with E-state index in [1.54, 1.807) is 30.6 Å². The first-order valence-corrected chi connectivity index (χ1v) is 5.64. The molecule has 0 fully saturated rings. The highest BCUT2D eigenvalue weighted by Crippen LogP contribution is 2.24. The van der Waals surface area contributed by atoms with Gasteiger partial charge in [-0.1, -0.05) is 0 Å². The van der Waals surface area contributed by atoms with Gasteiger partial charge < -0.3 is 4.74 Å². The number of ether oxygens (including phenoxy) is 1. The van der Waals surface area contributed by atoms with Gasteiger partial charge in [0.15, 0.2) is 0 Å². The lowest BCUT2D eigenvalue weighted by Crippen LogP contribution is -1.94. The topological polar surface area (TPSA) is 58.8 Å². The van der Waals surface area contributed by atoms with Gasteiger partial charge in [0.25, 0.3) is 0 Å². The lowest BCUT2D eigenvalue weighted by atomic mass is 10.2. The van der Waals surface area contributed by atoms with Gasteiger partial charge in [-0.05, 0) is 41.1 Å². The van der Waals surface area contributed by atoms with Crippen molar-refractivity contribution in [3.8, 4) is 17.7 Å². The molecule has 2 rings (SSSR count). The zero-order valence-corrected chi connectivity index (χ0v) is 10.6. The third-order valence-corrected chi connectivity index (χ3v) is 2.45. The Kier molecular flexibility index (Phi) is 3.35. The van der Waals surface area contributed by atoms with Crippen LogP contribution in [0.1, 0.15) is 11.3 Å². The van der Waals surface area contributed by atoms with Crippen molar-refractivity contribution in [1.82, 2.24) is 9.97 Å². The molecule has 84 valence electrons. The zero-order chi connectivity index (χ0) is 12.3. The molecule has 0 saturated heterocycles. The Labute approximate surface area is 107 Å². The Hall–Kier alpha value is -1.93. The van der Waals surface area contributed by atoms with Crippen LogP contribution in [0.4, 0.5) is 0 Å². The van der Waals surface area contributed by atoms with Crippen molar-refractivity contribution in [1.29, 1.82) is 5.26 Å². The molecule has 0 aliphatic carbocycles. The largest absolute Gasteiger partial charge is 0.436 e. The predicted octanol–water partition coefficient (Wildman–Crippen LogP) is 3.21. The van der Waals surface area contributed by atoms with Gasteiger partial charge in [0.05, 0.1) is 6.20 Å². The molecule has 0 atom stereocenters. The molecule has 5 heteroatoms. The van der Waals surface area contributed by atoms with Crippen LogP contribution in [0.25, 0.3) is 0 Å². The van der Waals surface area contributed by atoms with E-state index in [-0.39, 0.29) is 0 Å². The van der Waals surface area contributed by atoms with E-state index in [1.807, 2.05) is 13.0 Å². The third kappa shape index (κ3) is 2.80. The van der Waals surface area contributed by atoms with Crippen LogP contribution in [-0.4, -0.2) is 9.97 Å². The number of aryl methyl sites for hydroxylation is 1. The molecule has 0 bridgehead atoms. The van der Waals surface area contributed by atoms with Crippen LogP contribution >= 0.6 is 15.9 Å². The third-order valence-electron chi connectivity index (χ3n) is 2.01.